The molecule has 1 heterocycles. The molecule has 0 unspecified atom stereocenters. The molecule has 0 radical (unpaired) electrons. The van der Waals surface area contributed by atoms with Crippen molar-refractivity contribution in [3.63, 3.8) is 0 Å². The van der Waals surface area contributed by atoms with Crippen molar-refractivity contribution < 1.29 is 9.90 Å². The van der Waals surface area contributed by atoms with Crippen molar-refractivity contribution in [3.05, 3.63) is 21.4 Å². The fourth-order valence-electron chi connectivity index (χ4n) is 1.87. The number of carbonyl (C=O) groups is 1. The number of amides is 1. The molecule has 0 aromatic carbocycles. The first-order valence-corrected chi connectivity index (χ1v) is 7.26. The minimum Gasteiger partial charge on any atom is -0.396 e. The Morgan fingerprint density at radius 1 is 1.58 bits per heavy atom. The zero-order valence-corrected chi connectivity index (χ0v) is 12.6. The second-order valence-corrected chi connectivity index (χ2v) is 6.06. The average Bonchev–Trinajstić information content (AvgIpc) is 2.74. The number of carbonyl (C=O) groups excluding carboxylic acids is 1. The summed E-state index contributed by atoms with van der Waals surface area (Å²) in [5.74, 6) is 4.90. The van der Waals surface area contributed by atoms with Gasteiger partial charge in [0, 0.05) is 30.6 Å². The lowest BCUT2D eigenvalue weighted by Gasteiger charge is -2.26. The van der Waals surface area contributed by atoms with E-state index in [1.807, 2.05) is 13.0 Å². The predicted octanol–water partition coefficient (Wildman–Crippen LogP) is 1.25. The van der Waals surface area contributed by atoms with Crippen LogP contribution in [0.3, 0.4) is 0 Å². The summed E-state index contributed by atoms with van der Waals surface area (Å²) in [6.07, 6.45) is 0.761. The second-order valence-electron chi connectivity index (χ2n) is 4.81. The Balaban J connectivity index is 2.78. The van der Waals surface area contributed by atoms with Crippen LogP contribution in [0.5, 0.6) is 0 Å². The summed E-state index contributed by atoms with van der Waals surface area (Å²) in [4.78, 5) is 15.6. The maximum atomic E-state index is 11.5. The number of aliphatic hydroxyl groups is 1. The summed E-state index contributed by atoms with van der Waals surface area (Å²) in [6.45, 7) is 8.11. The third-order valence-corrected chi connectivity index (χ3v) is 4.17. The molecule has 1 rings (SSSR count). The predicted molar refractivity (Wildman–Crippen MR) is 78.0 cm³/mol. The second kappa shape index (κ2) is 7.59. The van der Waals surface area contributed by atoms with E-state index in [9.17, 15) is 4.79 Å². The molecule has 108 valence electrons. The molecule has 6 heteroatoms. The molecule has 1 aromatic heterocycles. The zero-order chi connectivity index (χ0) is 14.4. The Bertz CT molecular complexity index is 418. The van der Waals surface area contributed by atoms with Crippen LogP contribution in [0.2, 0.25) is 0 Å². The standard InChI is InChI=1S/C13H23N3O2S/c1-9(2)16(5-4-6-17)8-11-7-12(13(18)15-14)19-10(11)3/h7,9,17H,4-6,8,14H2,1-3H3,(H,15,18). The van der Waals surface area contributed by atoms with Crippen molar-refractivity contribution in [2.45, 2.75) is 39.8 Å². The van der Waals surface area contributed by atoms with Gasteiger partial charge in [0.2, 0.25) is 0 Å². The number of aryl methyl sites for hydroxylation is 1. The Morgan fingerprint density at radius 2 is 2.26 bits per heavy atom. The number of nitrogen functional groups attached to an aromatic ring is 1. The minimum atomic E-state index is -0.245. The highest BCUT2D eigenvalue weighted by Crippen LogP contribution is 2.23. The van der Waals surface area contributed by atoms with Crippen LogP contribution in [-0.4, -0.2) is 35.1 Å². The summed E-state index contributed by atoms with van der Waals surface area (Å²) in [5.41, 5.74) is 3.31. The van der Waals surface area contributed by atoms with Gasteiger partial charge in [0.05, 0.1) is 4.88 Å². The van der Waals surface area contributed by atoms with E-state index in [2.05, 4.69) is 24.2 Å². The van der Waals surface area contributed by atoms with Crippen molar-refractivity contribution in [2.75, 3.05) is 13.2 Å². The Kier molecular flexibility index (Phi) is 6.44. The molecule has 0 atom stereocenters. The van der Waals surface area contributed by atoms with Gasteiger partial charge in [0.1, 0.15) is 0 Å². The zero-order valence-electron chi connectivity index (χ0n) is 11.8. The van der Waals surface area contributed by atoms with Crippen LogP contribution in [0, 0.1) is 6.92 Å². The van der Waals surface area contributed by atoms with Gasteiger partial charge in [-0.25, -0.2) is 5.84 Å². The summed E-state index contributed by atoms with van der Waals surface area (Å²) in [6, 6.07) is 2.30. The van der Waals surface area contributed by atoms with Gasteiger partial charge in [-0.05, 0) is 38.8 Å². The van der Waals surface area contributed by atoms with Crippen LogP contribution < -0.4 is 11.3 Å². The third kappa shape index (κ3) is 4.58. The number of hydrogen-bond acceptors (Lipinski definition) is 5. The van der Waals surface area contributed by atoms with E-state index >= 15 is 0 Å². The van der Waals surface area contributed by atoms with Gasteiger partial charge in [-0.2, -0.15) is 0 Å². The highest BCUT2D eigenvalue weighted by atomic mass is 32.1. The molecule has 0 aliphatic carbocycles. The van der Waals surface area contributed by atoms with Crippen molar-refractivity contribution in [2.24, 2.45) is 5.84 Å². The lowest BCUT2D eigenvalue weighted by molar-refractivity contribution is 0.0957. The van der Waals surface area contributed by atoms with E-state index < -0.39 is 0 Å². The maximum Gasteiger partial charge on any atom is 0.275 e. The molecular weight excluding hydrogens is 262 g/mol. The normalized spacial score (nSPS) is 11.3. The highest BCUT2D eigenvalue weighted by Gasteiger charge is 2.15. The fourth-order valence-corrected chi connectivity index (χ4v) is 2.81. The third-order valence-electron chi connectivity index (χ3n) is 3.08. The van der Waals surface area contributed by atoms with E-state index in [0.717, 1.165) is 30.0 Å². The number of rotatable bonds is 7. The molecule has 0 spiro atoms. The van der Waals surface area contributed by atoms with Gasteiger partial charge in [0.15, 0.2) is 0 Å². The van der Waals surface area contributed by atoms with Crippen LogP contribution in [-0.2, 0) is 6.54 Å². The van der Waals surface area contributed by atoms with Crippen molar-refractivity contribution in [1.82, 2.24) is 10.3 Å². The molecule has 0 aliphatic rings. The van der Waals surface area contributed by atoms with Gasteiger partial charge in [0.25, 0.3) is 5.91 Å². The van der Waals surface area contributed by atoms with Crippen LogP contribution in [0.4, 0.5) is 0 Å². The molecule has 19 heavy (non-hydrogen) atoms. The van der Waals surface area contributed by atoms with Crippen molar-refractivity contribution in [3.8, 4) is 0 Å². The number of nitrogens with zero attached hydrogens (tertiary/aromatic N) is 1. The number of hydrogen-bond donors (Lipinski definition) is 3. The van der Waals surface area contributed by atoms with Crippen LogP contribution in [0.1, 0.15) is 40.4 Å². The average molecular weight is 285 g/mol. The minimum absolute atomic E-state index is 0.201. The molecule has 1 amide bonds. The molecule has 0 aliphatic heterocycles. The molecule has 1 aromatic rings. The summed E-state index contributed by atoms with van der Waals surface area (Å²) in [5, 5.41) is 8.93. The van der Waals surface area contributed by atoms with E-state index in [4.69, 9.17) is 10.9 Å². The summed E-state index contributed by atoms with van der Waals surface area (Å²) < 4.78 is 0. The Labute approximate surface area is 118 Å². The first-order chi connectivity index (χ1) is 8.99. The van der Waals surface area contributed by atoms with E-state index in [1.54, 1.807) is 0 Å². The molecule has 0 bridgehead atoms. The molecule has 0 saturated carbocycles. The maximum absolute atomic E-state index is 11.5. The lowest BCUT2D eigenvalue weighted by atomic mass is 10.2. The quantitative estimate of drug-likeness (QED) is 0.400. The number of thiophene rings is 1. The smallest absolute Gasteiger partial charge is 0.275 e. The molecule has 0 saturated heterocycles. The number of nitrogens with two attached hydrogens (primary N) is 1. The van der Waals surface area contributed by atoms with Gasteiger partial charge in [-0.1, -0.05) is 0 Å². The first kappa shape index (κ1) is 16.1. The topological polar surface area (TPSA) is 78.6 Å². The van der Waals surface area contributed by atoms with Crippen molar-refractivity contribution >= 4 is 17.2 Å². The Hall–Kier alpha value is -0.950. The molecule has 4 N–H and O–H groups in total. The Morgan fingerprint density at radius 3 is 2.79 bits per heavy atom. The monoisotopic (exact) mass is 285 g/mol. The largest absolute Gasteiger partial charge is 0.396 e. The van der Waals surface area contributed by atoms with E-state index in [1.165, 1.54) is 11.3 Å². The summed E-state index contributed by atoms with van der Waals surface area (Å²) >= 11 is 1.46. The SMILES string of the molecule is Cc1sc(C(=O)NN)cc1CN(CCCO)C(C)C. The van der Waals surface area contributed by atoms with E-state index in [0.29, 0.717) is 10.9 Å². The number of nitrogens with one attached hydrogen (secondary N) is 1. The van der Waals surface area contributed by atoms with Gasteiger partial charge in [-0.3, -0.25) is 15.1 Å². The number of hydrazine groups is 1. The van der Waals surface area contributed by atoms with Gasteiger partial charge in [-0.15, -0.1) is 11.3 Å². The molecule has 5 nitrogen and oxygen atoms in total. The lowest BCUT2D eigenvalue weighted by Crippen LogP contribution is -2.32. The van der Waals surface area contributed by atoms with Crippen molar-refractivity contribution in [1.29, 1.82) is 0 Å². The van der Waals surface area contributed by atoms with Crippen LogP contribution in [0.15, 0.2) is 6.07 Å². The number of aliphatic hydroxyl groups excluding tert-OH is 1. The molecule has 0 fully saturated rings. The van der Waals surface area contributed by atoms with Gasteiger partial charge >= 0.3 is 0 Å². The van der Waals surface area contributed by atoms with Gasteiger partial charge < -0.3 is 5.11 Å². The fraction of sp³-hybridized carbons (Fsp3) is 0.615. The first-order valence-electron chi connectivity index (χ1n) is 6.44. The summed E-state index contributed by atoms with van der Waals surface area (Å²) in [7, 11) is 0. The van der Waals surface area contributed by atoms with Crippen LogP contribution in [0.25, 0.3) is 0 Å². The van der Waals surface area contributed by atoms with Crippen LogP contribution >= 0.6 is 11.3 Å². The highest BCUT2D eigenvalue weighted by molar-refractivity contribution is 7.14. The van der Waals surface area contributed by atoms with E-state index in [-0.39, 0.29) is 12.5 Å². The molecular formula is C13H23N3O2S.